The second kappa shape index (κ2) is 5.33. The van der Waals surface area contributed by atoms with Gasteiger partial charge in [0.2, 0.25) is 0 Å². The second-order valence-electron chi connectivity index (χ2n) is 4.63. The Balaban J connectivity index is 1.98. The summed E-state index contributed by atoms with van der Waals surface area (Å²) in [7, 11) is 0. The van der Waals surface area contributed by atoms with E-state index in [4.69, 9.17) is 4.42 Å². The van der Waals surface area contributed by atoms with Gasteiger partial charge in [-0.1, -0.05) is 28.1 Å². The van der Waals surface area contributed by atoms with Crippen LogP contribution >= 0.6 is 15.9 Å². The average Bonchev–Trinajstić information content (AvgIpc) is 2.78. The van der Waals surface area contributed by atoms with Crippen LogP contribution in [0.1, 0.15) is 16.1 Å². The Labute approximate surface area is 128 Å². The van der Waals surface area contributed by atoms with Crippen LogP contribution in [0.15, 0.2) is 51.4 Å². The van der Waals surface area contributed by atoms with Gasteiger partial charge in [-0.05, 0) is 37.3 Å². The fraction of sp³-hybridized carbons (Fsp3) is 0.0625. The molecule has 0 atom stereocenters. The maximum atomic E-state index is 13.6. The minimum Gasteiger partial charge on any atom is -0.451 e. The van der Waals surface area contributed by atoms with E-state index in [1.807, 2.05) is 12.1 Å². The van der Waals surface area contributed by atoms with Crippen LogP contribution in [0.5, 0.6) is 0 Å². The third-order valence-corrected chi connectivity index (χ3v) is 3.72. The summed E-state index contributed by atoms with van der Waals surface area (Å²) in [5, 5.41) is 3.38. The van der Waals surface area contributed by atoms with Crippen molar-refractivity contribution in [2.45, 2.75) is 6.92 Å². The molecule has 0 bridgehead atoms. The third-order valence-electron chi connectivity index (χ3n) is 3.23. The molecule has 3 nitrogen and oxygen atoms in total. The molecule has 0 radical (unpaired) electrons. The summed E-state index contributed by atoms with van der Waals surface area (Å²) in [6.45, 7) is 1.80. The van der Waals surface area contributed by atoms with E-state index >= 15 is 0 Å². The standard InChI is InChI=1S/C16H11BrFNO2/c1-9-11-7-6-10(17)8-14(11)21-15(9)16(20)19-13-5-3-2-4-12(13)18/h2-8H,1H3,(H,19,20). The monoisotopic (exact) mass is 347 g/mol. The van der Waals surface area contributed by atoms with Crippen LogP contribution in [0.25, 0.3) is 11.0 Å². The summed E-state index contributed by atoms with van der Waals surface area (Å²) in [5.41, 5.74) is 1.47. The van der Waals surface area contributed by atoms with E-state index in [9.17, 15) is 9.18 Å². The highest BCUT2D eigenvalue weighted by atomic mass is 79.9. The number of aryl methyl sites for hydroxylation is 1. The van der Waals surface area contributed by atoms with E-state index in [0.29, 0.717) is 5.58 Å². The number of para-hydroxylation sites is 1. The molecule has 1 aromatic heterocycles. The molecule has 0 fully saturated rings. The van der Waals surface area contributed by atoms with Crippen molar-refractivity contribution >= 4 is 38.5 Å². The lowest BCUT2D eigenvalue weighted by Gasteiger charge is -2.04. The maximum Gasteiger partial charge on any atom is 0.291 e. The zero-order valence-corrected chi connectivity index (χ0v) is 12.7. The van der Waals surface area contributed by atoms with E-state index < -0.39 is 11.7 Å². The minimum absolute atomic E-state index is 0.128. The van der Waals surface area contributed by atoms with Gasteiger partial charge in [0.05, 0.1) is 5.69 Å². The van der Waals surface area contributed by atoms with Crippen molar-refractivity contribution < 1.29 is 13.6 Å². The van der Waals surface area contributed by atoms with Gasteiger partial charge in [-0.15, -0.1) is 0 Å². The number of halogens is 2. The van der Waals surface area contributed by atoms with Gasteiger partial charge < -0.3 is 9.73 Å². The Hall–Kier alpha value is -2.14. The molecule has 106 valence electrons. The highest BCUT2D eigenvalue weighted by Gasteiger charge is 2.18. The van der Waals surface area contributed by atoms with E-state index in [0.717, 1.165) is 15.4 Å². The lowest BCUT2D eigenvalue weighted by molar-refractivity contribution is 0.0997. The minimum atomic E-state index is -0.484. The first kappa shape index (κ1) is 13.8. The van der Waals surface area contributed by atoms with Crippen LogP contribution < -0.4 is 5.32 Å². The summed E-state index contributed by atoms with van der Waals surface area (Å²) in [5.74, 6) is -0.765. The van der Waals surface area contributed by atoms with Crippen molar-refractivity contribution in [3.63, 3.8) is 0 Å². The zero-order valence-electron chi connectivity index (χ0n) is 11.1. The smallest absolute Gasteiger partial charge is 0.291 e. The number of amides is 1. The fourth-order valence-corrected chi connectivity index (χ4v) is 2.50. The van der Waals surface area contributed by atoms with Crippen LogP contribution in [-0.4, -0.2) is 5.91 Å². The SMILES string of the molecule is Cc1c(C(=O)Nc2ccccc2F)oc2cc(Br)ccc12. The molecule has 0 saturated carbocycles. The topological polar surface area (TPSA) is 42.2 Å². The highest BCUT2D eigenvalue weighted by Crippen LogP contribution is 2.28. The Morgan fingerprint density at radius 3 is 2.76 bits per heavy atom. The number of rotatable bonds is 2. The van der Waals surface area contributed by atoms with Crippen molar-refractivity contribution in [3.05, 3.63) is 64.1 Å². The zero-order chi connectivity index (χ0) is 15.0. The van der Waals surface area contributed by atoms with Gasteiger partial charge in [-0.2, -0.15) is 0 Å². The van der Waals surface area contributed by atoms with Gasteiger partial charge in [0.1, 0.15) is 11.4 Å². The molecule has 5 heteroatoms. The Bertz CT molecular complexity index is 841. The molecule has 0 aliphatic heterocycles. The Morgan fingerprint density at radius 2 is 2.00 bits per heavy atom. The Morgan fingerprint density at radius 1 is 1.24 bits per heavy atom. The maximum absolute atomic E-state index is 13.6. The molecule has 3 rings (SSSR count). The van der Waals surface area contributed by atoms with Crippen molar-refractivity contribution in [3.8, 4) is 0 Å². The molecule has 0 aliphatic rings. The van der Waals surface area contributed by atoms with Crippen molar-refractivity contribution in [1.29, 1.82) is 0 Å². The highest BCUT2D eigenvalue weighted by molar-refractivity contribution is 9.10. The summed E-state index contributed by atoms with van der Waals surface area (Å²) in [6, 6.07) is 11.6. The normalized spacial score (nSPS) is 10.8. The van der Waals surface area contributed by atoms with Crippen molar-refractivity contribution in [1.82, 2.24) is 0 Å². The predicted molar refractivity (Wildman–Crippen MR) is 83.0 cm³/mol. The van der Waals surface area contributed by atoms with Crippen LogP contribution in [0, 0.1) is 12.7 Å². The van der Waals surface area contributed by atoms with Gasteiger partial charge in [0.15, 0.2) is 5.76 Å². The number of furan rings is 1. The largest absolute Gasteiger partial charge is 0.451 e. The van der Waals surface area contributed by atoms with Crippen LogP contribution in [0.3, 0.4) is 0 Å². The molecule has 21 heavy (non-hydrogen) atoms. The van der Waals surface area contributed by atoms with Crippen molar-refractivity contribution in [2.75, 3.05) is 5.32 Å². The fourth-order valence-electron chi connectivity index (χ4n) is 2.16. The number of hydrogen-bond acceptors (Lipinski definition) is 2. The van der Waals surface area contributed by atoms with Gasteiger partial charge in [0, 0.05) is 15.4 Å². The first-order valence-electron chi connectivity index (χ1n) is 6.31. The van der Waals surface area contributed by atoms with E-state index in [-0.39, 0.29) is 11.4 Å². The molecule has 2 aromatic carbocycles. The Kier molecular flexibility index (Phi) is 3.51. The molecule has 1 amide bonds. The second-order valence-corrected chi connectivity index (χ2v) is 5.55. The van der Waals surface area contributed by atoms with Crippen molar-refractivity contribution in [2.24, 2.45) is 0 Å². The first-order valence-corrected chi connectivity index (χ1v) is 7.10. The molecule has 3 aromatic rings. The molecule has 1 heterocycles. The number of carbonyl (C=O) groups excluding carboxylic acids is 1. The molecule has 0 saturated heterocycles. The van der Waals surface area contributed by atoms with Crippen LogP contribution in [0.4, 0.5) is 10.1 Å². The number of anilines is 1. The number of carbonyl (C=O) groups is 1. The van der Waals surface area contributed by atoms with Crippen LogP contribution in [0.2, 0.25) is 0 Å². The third kappa shape index (κ3) is 2.56. The molecule has 0 spiro atoms. The summed E-state index contributed by atoms with van der Waals surface area (Å²) < 4.78 is 20.0. The summed E-state index contributed by atoms with van der Waals surface area (Å²) in [4.78, 5) is 12.3. The lowest BCUT2D eigenvalue weighted by Crippen LogP contribution is -2.13. The number of fused-ring (bicyclic) bond motifs is 1. The number of benzene rings is 2. The van der Waals surface area contributed by atoms with Crippen LogP contribution in [-0.2, 0) is 0 Å². The molecule has 1 N–H and O–H groups in total. The summed E-state index contributed by atoms with van der Waals surface area (Å²) in [6.07, 6.45) is 0. The quantitative estimate of drug-likeness (QED) is 0.716. The predicted octanol–water partition coefficient (Wildman–Crippen LogP) is 4.90. The van der Waals surface area contributed by atoms with E-state index in [1.165, 1.54) is 12.1 Å². The number of hydrogen-bond donors (Lipinski definition) is 1. The average molecular weight is 348 g/mol. The van der Waals surface area contributed by atoms with Gasteiger partial charge in [-0.25, -0.2) is 4.39 Å². The van der Waals surface area contributed by atoms with E-state index in [1.54, 1.807) is 25.1 Å². The molecular weight excluding hydrogens is 337 g/mol. The van der Waals surface area contributed by atoms with Gasteiger partial charge in [-0.3, -0.25) is 4.79 Å². The van der Waals surface area contributed by atoms with Gasteiger partial charge >= 0.3 is 0 Å². The van der Waals surface area contributed by atoms with E-state index in [2.05, 4.69) is 21.2 Å². The number of nitrogens with one attached hydrogen (secondary N) is 1. The molecule has 0 aliphatic carbocycles. The molecular formula is C16H11BrFNO2. The lowest BCUT2D eigenvalue weighted by atomic mass is 10.1. The molecule has 0 unspecified atom stereocenters. The van der Waals surface area contributed by atoms with Gasteiger partial charge in [0.25, 0.3) is 5.91 Å². The summed E-state index contributed by atoms with van der Waals surface area (Å²) >= 11 is 3.36. The first-order chi connectivity index (χ1) is 10.1.